The average molecular weight is 289 g/mol. The number of rotatable bonds is 3. The van der Waals surface area contributed by atoms with Crippen LogP contribution in [-0.4, -0.2) is 18.9 Å². The number of hydrogen-bond acceptors (Lipinski definition) is 3. The molecule has 16 heavy (non-hydrogen) atoms. The fourth-order valence-corrected chi connectivity index (χ4v) is 1.31. The van der Waals surface area contributed by atoms with E-state index in [1.807, 2.05) is 0 Å². The highest BCUT2D eigenvalue weighted by Crippen LogP contribution is 2.15. The van der Waals surface area contributed by atoms with Crippen LogP contribution < -0.4 is 5.43 Å². The minimum Gasteiger partial charge on any atom is -0.449 e. The van der Waals surface area contributed by atoms with Crippen molar-refractivity contribution in [1.82, 2.24) is 5.43 Å². The maximum Gasteiger partial charge on any atom is 0.427 e. The molecule has 0 unspecified atom stereocenters. The SMILES string of the molecule is CCOC(=O)NN=Cc1ccc(F)c(Br)c1. The van der Waals surface area contributed by atoms with E-state index in [9.17, 15) is 9.18 Å². The van der Waals surface area contributed by atoms with Crippen molar-refractivity contribution in [3.05, 3.63) is 34.1 Å². The number of benzene rings is 1. The highest BCUT2D eigenvalue weighted by molar-refractivity contribution is 9.10. The highest BCUT2D eigenvalue weighted by atomic mass is 79.9. The van der Waals surface area contributed by atoms with E-state index in [4.69, 9.17) is 0 Å². The third kappa shape index (κ3) is 3.98. The van der Waals surface area contributed by atoms with Crippen molar-refractivity contribution in [3.63, 3.8) is 0 Å². The van der Waals surface area contributed by atoms with Gasteiger partial charge in [-0.15, -0.1) is 0 Å². The molecule has 0 bridgehead atoms. The van der Waals surface area contributed by atoms with E-state index in [2.05, 4.69) is 31.2 Å². The Morgan fingerprint density at radius 1 is 1.69 bits per heavy atom. The van der Waals surface area contributed by atoms with Crippen molar-refractivity contribution < 1.29 is 13.9 Å². The quantitative estimate of drug-likeness (QED) is 0.687. The Morgan fingerprint density at radius 3 is 3.06 bits per heavy atom. The van der Waals surface area contributed by atoms with Crippen LogP contribution in [0.25, 0.3) is 0 Å². The van der Waals surface area contributed by atoms with E-state index >= 15 is 0 Å². The highest BCUT2D eigenvalue weighted by Gasteiger charge is 1.99. The first-order valence-electron chi connectivity index (χ1n) is 4.54. The summed E-state index contributed by atoms with van der Waals surface area (Å²) in [5.41, 5.74) is 2.82. The van der Waals surface area contributed by atoms with Gasteiger partial charge < -0.3 is 4.74 Å². The molecule has 0 aliphatic heterocycles. The molecule has 0 fully saturated rings. The number of nitrogens with zero attached hydrogens (tertiary/aromatic N) is 1. The molecule has 0 heterocycles. The normalized spacial score (nSPS) is 10.4. The lowest BCUT2D eigenvalue weighted by Crippen LogP contribution is -2.18. The molecule has 1 amide bonds. The Hall–Kier alpha value is -1.43. The molecule has 0 aliphatic rings. The van der Waals surface area contributed by atoms with Crippen LogP contribution in [0.2, 0.25) is 0 Å². The zero-order valence-corrected chi connectivity index (χ0v) is 10.1. The second-order valence-electron chi connectivity index (χ2n) is 2.76. The smallest absolute Gasteiger partial charge is 0.427 e. The van der Waals surface area contributed by atoms with Crippen molar-refractivity contribution in [2.45, 2.75) is 6.92 Å². The second kappa shape index (κ2) is 6.22. The average Bonchev–Trinajstić information content (AvgIpc) is 2.24. The third-order valence-electron chi connectivity index (χ3n) is 1.59. The summed E-state index contributed by atoms with van der Waals surface area (Å²) in [4.78, 5) is 10.8. The molecule has 0 spiro atoms. The molecule has 0 atom stereocenters. The number of ether oxygens (including phenoxy) is 1. The van der Waals surface area contributed by atoms with Gasteiger partial charge in [-0.1, -0.05) is 6.07 Å². The van der Waals surface area contributed by atoms with Gasteiger partial charge in [-0.2, -0.15) is 5.10 Å². The fraction of sp³-hybridized carbons (Fsp3) is 0.200. The molecular weight excluding hydrogens is 279 g/mol. The lowest BCUT2D eigenvalue weighted by molar-refractivity contribution is 0.152. The molecule has 1 aromatic rings. The zero-order valence-electron chi connectivity index (χ0n) is 8.54. The Kier molecular flexibility index (Phi) is 4.91. The first-order valence-corrected chi connectivity index (χ1v) is 5.33. The monoisotopic (exact) mass is 288 g/mol. The molecule has 0 saturated carbocycles. The van der Waals surface area contributed by atoms with Crippen LogP contribution >= 0.6 is 15.9 Å². The predicted molar refractivity (Wildman–Crippen MR) is 61.9 cm³/mol. The Morgan fingerprint density at radius 2 is 2.44 bits per heavy atom. The van der Waals surface area contributed by atoms with Gasteiger partial charge in [0.15, 0.2) is 0 Å². The lowest BCUT2D eigenvalue weighted by Gasteiger charge is -1.99. The van der Waals surface area contributed by atoms with Gasteiger partial charge in [0.25, 0.3) is 0 Å². The summed E-state index contributed by atoms with van der Waals surface area (Å²) >= 11 is 3.04. The van der Waals surface area contributed by atoms with Crippen molar-refractivity contribution in [2.24, 2.45) is 5.10 Å². The molecule has 6 heteroatoms. The standard InChI is InChI=1S/C10H10BrFN2O2/c1-2-16-10(15)14-13-6-7-3-4-9(12)8(11)5-7/h3-6H,2H2,1H3,(H,14,15). The van der Waals surface area contributed by atoms with E-state index in [1.54, 1.807) is 13.0 Å². The molecule has 1 N–H and O–H groups in total. The van der Waals surface area contributed by atoms with Crippen LogP contribution in [0.4, 0.5) is 9.18 Å². The third-order valence-corrected chi connectivity index (χ3v) is 2.20. The second-order valence-corrected chi connectivity index (χ2v) is 3.62. The van der Waals surface area contributed by atoms with E-state index < -0.39 is 6.09 Å². The van der Waals surface area contributed by atoms with Gasteiger partial charge >= 0.3 is 6.09 Å². The minimum absolute atomic E-state index is 0.281. The van der Waals surface area contributed by atoms with Gasteiger partial charge in [0.2, 0.25) is 0 Å². The van der Waals surface area contributed by atoms with Crippen LogP contribution in [-0.2, 0) is 4.74 Å². The molecular formula is C10H10BrFN2O2. The summed E-state index contributed by atoms with van der Waals surface area (Å²) in [5.74, 6) is -0.351. The number of hydrogen-bond donors (Lipinski definition) is 1. The van der Waals surface area contributed by atoms with Gasteiger partial charge in [0.1, 0.15) is 5.82 Å². The molecule has 4 nitrogen and oxygen atoms in total. The van der Waals surface area contributed by atoms with Crippen LogP contribution in [0.1, 0.15) is 12.5 Å². The van der Waals surface area contributed by atoms with Crippen LogP contribution in [0.5, 0.6) is 0 Å². The maximum atomic E-state index is 12.9. The van der Waals surface area contributed by atoms with E-state index in [0.29, 0.717) is 10.0 Å². The van der Waals surface area contributed by atoms with Crippen LogP contribution in [0.3, 0.4) is 0 Å². The molecule has 0 aromatic heterocycles. The number of carbonyl (C=O) groups excluding carboxylic acids is 1. The van der Waals surface area contributed by atoms with E-state index in [0.717, 1.165) is 0 Å². The predicted octanol–water partition coefficient (Wildman–Crippen LogP) is 2.67. The summed E-state index contributed by atoms with van der Waals surface area (Å²) in [6.45, 7) is 1.98. The maximum absolute atomic E-state index is 12.9. The fourth-order valence-electron chi connectivity index (χ4n) is 0.916. The van der Waals surface area contributed by atoms with E-state index in [1.165, 1.54) is 18.3 Å². The number of nitrogens with one attached hydrogen (secondary N) is 1. The van der Waals surface area contributed by atoms with Crippen molar-refractivity contribution in [1.29, 1.82) is 0 Å². The summed E-state index contributed by atoms with van der Waals surface area (Å²) in [7, 11) is 0. The number of hydrazone groups is 1. The summed E-state index contributed by atoms with van der Waals surface area (Å²) in [6, 6.07) is 4.39. The van der Waals surface area contributed by atoms with E-state index in [-0.39, 0.29) is 12.4 Å². The first kappa shape index (κ1) is 12.6. The Bertz CT molecular complexity index is 410. The summed E-state index contributed by atoms with van der Waals surface area (Å²) < 4.78 is 17.8. The first-order chi connectivity index (χ1) is 7.63. The van der Waals surface area contributed by atoms with Gasteiger partial charge in [0.05, 0.1) is 17.3 Å². The number of carbonyl (C=O) groups is 1. The van der Waals surface area contributed by atoms with Gasteiger partial charge in [-0.05, 0) is 40.5 Å². The Balaban J connectivity index is 2.56. The molecule has 0 aliphatic carbocycles. The molecule has 1 rings (SSSR count). The largest absolute Gasteiger partial charge is 0.449 e. The Labute approximate surface area is 101 Å². The van der Waals surface area contributed by atoms with Gasteiger partial charge in [-0.25, -0.2) is 14.6 Å². The van der Waals surface area contributed by atoms with Crippen molar-refractivity contribution in [3.8, 4) is 0 Å². The van der Waals surface area contributed by atoms with Crippen LogP contribution in [0, 0.1) is 5.82 Å². The summed E-state index contributed by atoms with van der Waals surface area (Å²) in [5, 5.41) is 3.64. The molecule has 86 valence electrons. The topological polar surface area (TPSA) is 50.7 Å². The van der Waals surface area contributed by atoms with Crippen molar-refractivity contribution >= 4 is 28.2 Å². The molecule has 1 aromatic carbocycles. The van der Waals surface area contributed by atoms with Crippen molar-refractivity contribution in [2.75, 3.05) is 6.61 Å². The number of halogens is 2. The van der Waals surface area contributed by atoms with Crippen LogP contribution in [0.15, 0.2) is 27.8 Å². The zero-order chi connectivity index (χ0) is 12.0. The minimum atomic E-state index is -0.625. The molecule has 0 saturated heterocycles. The van der Waals surface area contributed by atoms with Gasteiger partial charge in [0, 0.05) is 0 Å². The summed E-state index contributed by atoms with van der Waals surface area (Å²) in [6.07, 6.45) is 0.765. The number of amides is 1. The molecule has 0 radical (unpaired) electrons. The van der Waals surface area contributed by atoms with Gasteiger partial charge in [-0.3, -0.25) is 0 Å². The lowest BCUT2D eigenvalue weighted by atomic mass is 10.2.